The van der Waals surface area contributed by atoms with E-state index in [9.17, 15) is 18.8 Å². The number of hydrogen-bond donors (Lipinski definition) is 0. The zero-order valence-corrected chi connectivity index (χ0v) is 18.3. The van der Waals surface area contributed by atoms with Crippen LogP contribution in [0.2, 0.25) is 0 Å². The molecular formula is C21H23Cl2FN4O3. The Morgan fingerprint density at radius 1 is 1.00 bits per heavy atom. The molecule has 0 radical (unpaired) electrons. The lowest BCUT2D eigenvalue weighted by Crippen LogP contribution is -2.44. The maximum atomic E-state index is 13.0. The number of nitrogens with zero attached hydrogens (tertiary/aromatic N) is 4. The largest absolute Gasteiger partial charge is 0.353 e. The third kappa shape index (κ3) is 5.39. The minimum absolute atomic E-state index is 0. The van der Waals surface area contributed by atoms with Crippen molar-refractivity contribution in [2.24, 2.45) is 5.92 Å². The highest BCUT2D eigenvalue weighted by atomic mass is 35.5. The van der Waals surface area contributed by atoms with Crippen molar-refractivity contribution in [1.29, 1.82) is 0 Å². The number of ketones is 1. The molecule has 3 heterocycles. The monoisotopic (exact) mass is 468 g/mol. The molecular weight excluding hydrogens is 446 g/mol. The summed E-state index contributed by atoms with van der Waals surface area (Å²) in [7, 11) is 0. The molecule has 7 nitrogen and oxygen atoms in total. The van der Waals surface area contributed by atoms with E-state index in [1.807, 2.05) is 0 Å². The zero-order valence-electron chi connectivity index (χ0n) is 16.6. The number of fused-ring (bicyclic) bond motifs is 1. The van der Waals surface area contributed by atoms with Crippen LogP contribution in [0.25, 0.3) is 5.65 Å². The second-order valence-electron chi connectivity index (χ2n) is 7.24. The standard InChI is InChI=1S/C21H21FN4O3.2ClH/c22-17-6-4-15(5-7-17)19(27)16-8-11-24(12-9-16)13-14-26-20(28)23-18-3-1-2-10-25(18)21(26)29;;/h1-7,10,16H,8-9,11-14H2;2*1H. The fraction of sp³-hybridized carbons (Fsp3) is 0.333. The summed E-state index contributed by atoms with van der Waals surface area (Å²) in [5.41, 5.74) is -0.0879. The van der Waals surface area contributed by atoms with Crippen molar-refractivity contribution in [1.82, 2.24) is 18.9 Å². The predicted molar refractivity (Wildman–Crippen MR) is 120 cm³/mol. The summed E-state index contributed by atoms with van der Waals surface area (Å²) in [5, 5.41) is 0. The molecule has 0 N–H and O–H groups in total. The van der Waals surface area contributed by atoms with Crippen LogP contribution in [-0.2, 0) is 6.54 Å². The van der Waals surface area contributed by atoms with Crippen molar-refractivity contribution in [3.8, 4) is 0 Å². The lowest BCUT2D eigenvalue weighted by molar-refractivity contribution is 0.0837. The van der Waals surface area contributed by atoms with Gasteiger partial charge in [-0.3, -0.25) is 9.20 Å². The molecule has 0 atom stereocenters. The van der Waals surface area contributed by atoms with Crippen LogP contribution >= 0.6 is 24.8 Å². The Balaban J connectivity index is 0.00000171. The molecule has 0 bridgehead atoms. The van der Waals surface area contributed by atoms with E-state index in [4.69, 9.17) is 0 Å². The van der Waals surface area contributed by atoms with Crippen molar-refractivity contribution < 1.29 is 9.18 Å². The van der Waals surface area contributed by atoms with Gasteiger partial charge < -0.3 is 4.90 Å². The second kappa shape index (κ2) is 10.7. The topological polar surface area (TPSA) is 76.7 Å². The highest BCUT2D eigenvalue weighted by molar-refractivity contribution is 5.97. The molecule has 166 valence electrons. The van der Waals surface area contributed by atoms with E-state index in [0.717, 1.165) is 4.57 Å². The minimum Gasteiger partial charge on any atom is -0.302 e. The van der Waals surface area contributed by atoms with Crippen LogP contribution in [0.3, 0.4) is 0 Å². The molecule has 4 rings (SSSR count). The first kappa shape index (κ1) is 24.7. The number of carbonyl (C=O) groups is 1. The molecule has 0 aliphatic carbocycles. The number of halogens is 3. The van der Waals surface area contributed by atoms with Crippen molar-refractivity contribution >= 4 is 36.2 Å². The highest BCUT2D eigenvalue weighted by Gasteiger charge is 2.25. The van der Waals surface area contributed by atoms with Crippen molar-refractivity contribution in [3.63, 3.8) is 0 Å². The fourth-order valence-corrected chi connectivity index (χ4v) is 3.76. The summed E-state index contributed by atoms with van der Waals surface area (Å²) in [4.78, 5) is 43.4. The van der Waals surface area contributed by atoms with Gasteiger partial charge in [-0.15, -0.1) is 24.8 Å². The molecule has 0 unspecified atom stereocenters. The van der Waals surface area contributed by atoms with E-state index in [-0.39, 0.29) is 48.9 Å². The first-order valence-electron chi connectivity index (χ1n) is 9.63. The lowest BCUT2D eigenvalue weighted by Gasteiger charge is -2.31. The molecule has 1 aliphatic heterocycles. The molecule has 10 heteroatoms. The van der Waals surface area contributed by atoms with Crippen LogP contribution in [0.1, 0.15) is 23.2 Å². The third-order valence-electron chi connectivity index (χ3n) is 5.44. The molecule has 0 saturated carbocycles. The van der Waals surface area contributed by atoms with Crippen molar-refractivity contribution in [2.45, 2.75) is 19.4 Å². The number of benzene rings is 1. The summed E-state index contributed by atoms with van der Waals surface area (Å²) >= 11 is 0. The summed E-state index contributed by atoms with van der Waals surface area (Å²) in [6.07, 6.45) is 2.98. The lowest BCUT2D eigenvalue weighted by atomic mass is 9.89. The maximum absolute atomic E-state index is 13.0. The average Bonchev–Trinajstić information content (AvgIpc) is 2.74. The molecule has 1 aromatic carbocycles. The Morgan fingerprint density at radius 2 is 1.68 bits per heavy atom. The van der Waals surface area contributed by atoms with Gasteiger partial charge in [0, 0.05) is 30.8 Å². The molecule has 2 aromatic heterocycles. The average molecular weight is 469 g/mol. The van der Waals surface area contributed by atoms with Gasteiger partial charge in [0.1, 0.15) is 11.5 Å². The Hall–Kier alpha value is -2.55. The number of carbonyl (C=O) groups excluding carboxylic acids is 1. The number of piperidine rings is 1. The number of Topliss-reactive ketones (excluding diaryl/α,β-unsaturated/α-hetero) is 1. The Morgan fingerprint density at radius 3 is 2.35 bits per heavy atom. The van der Waals surface area contributed by atoms with Crippen LogP contribution in [0, 0.1) is 11.7 Å². The van der Waals surface area contributed by atoms with Crippen LogP contribution < -0.4 is 11.4 Å². The Kier molecular flexibility index (Phi) is 8.50. The number of pyridine rings is 1. The quantitative estimate of drug-likeness (QED) is 0.537. The van der Waals surface area contributed by atoms with E-state index < -0.39 is 11.4 Å². The van der Waals surface area contributed by atoms with E-state index in [0.29, 0.717) is 43.7 Å². The van der Waals surface area contributed by atoms with Gasteiger partial charge in [-0.2, -0.15) is 4.98 Å². The molecule has 3 aromatic rings. The van der Waals surface area contributed by atoms with Crippen molar-refractivity contribution in [2.75, 3.05) is 19.6 Å². The number of hydrogen-bond acceptors (Lipinski definition) is 5. The van der Waals surface area contributed by atoms with Gasteiger partial charge in [0.2, 0.25) is 0 Å². The summed E-state index contributed by atoms with van der Waals surface area (Å²) in [5.74, 6) is -0.407. The van der Waals surface area contributed by atoms with Crippen LogP contribution in [0.15, 0.2) is 58.3 Å². The smallest absolute Gasteiger partial charge is 0.302 e. The Bertz CT molecular complexity index is 1160. The summed E-state index contributed by atoms with van der Waals surface area (Å²) in [6, 6.07) is 10.7. The minimum atomic E-state index is -0.553. The van der Waals surface area contributed by atoms with Gasteiger partial charge in [0.15, 0.2) is 5.78 Å². The number of likely N-dealkylation sites (tertiary alicyclic amines) is 1. The molecule has 31 heavy (non-hydrogen) atoms. The van der Waals surface area contributed by atoms with Crippen LogP contribution in [0.5, 0.6) is 0 Å². The number of rotatable bonds is 5. The highest BCUT2D eigenvalue weighted by Crippen LogP contribution is 2.22. The van der Waals surface area contributed by atoms with Gasteiger partial charge in [-0.1, -0.05) is 6.07 Å². The molecule has 0 amide bonds. The third-order valence-corrected chi connectivity index (χ3v) is 5.44. The molecule has 0 spiro atoms. The first-order chi connectivity index (χ1) is 14.0. The van der Waals surface area contributed by atoms with Gasteiger partial charge in [0.05, 0.1) is 0 Å². The molecule has 1 fully saturated rings. The second-order valence-corrected chi connectivity index (χ2v) is 7.24. The molecule has 1 aliphatic rings. The van der Waals surface area contributed by atoms with Crippen molar-refractivity contribution in [3.05, 3.63) is 81.0 Å². The summed E-state index contributed by atoms with van der Waals surface area (Å²) in [6.45, 7) is 2.19. The molecule has 1 saturated heterocycles. The van der Waals surface area contributed by atoms with Crippen LogP contribution in [0.4, 0.5) is 4.39 Å². The van der Waals surface area contributed by atoms with Crippen LogP contribution in [-0.4, -0.2) is 44.3 Å². The number of aromatic nitrogens is 3. The summed E-state index contributed by atoms with van der Waals surface area (Å²) < 4.78 is 15.5. The zero-order chi connectivity index (χ0) is 20.4. The van der Waals surface area contributed by atoms with E-state index in [1.165, 1.54) is 28.7 Å². The van der Waals surface area contributed by atoms with Gasteiger partial charge in [-0.05, 0) is 62.3 Å². The van der Waals surface area contributed by atoms with Gasteiger partial charge >= 0.3 is 11.4 Å². The first-order valence-corrected chi connectivity index (χ1v) is 9.63. The SMILES string of the molecule is Cl.Cl.O=C(c1ccc(F)cc1)C1CCN(CCn2c(=O)nc3ccccn3c2=O)CC1. The predicted octanol–water partition coefficient (Wildman–Crippen LogP) is 2.43. The fourth-order valence-electron chi connectivity index (χ4n) is 3.76. The van der Waals surface area contributed by atoms with E-state index >= 15 is 0 Å². The van der Waals surface area contributed by atoms with E-state index in [2.05, 4.69) is 9.88 Å². The van der Waals surface area contributed by atoms with E-state index in [1.54, 1.807) is 24.4 Å². The van der Waals surface area contributed by atoms with Gasteiger partial charge in [0.25, 0.3) is 0 Å². The Labute approximate surface area is 190 Å². The maximum Gasteiger partial charge on any atom is 0.353 e. The van der Waals surface area contributed by atoms with Gasteiger partial charge in [-0.25, -0.2) is 18.5 Å². The normalized spacial score (nSPS) is 14.6.